The lowest BCUT2D eigenvalue weighted by Gasteiger charge is -2.38. The van der Waals surface area contributed by atoms with Crippen LogP contribution in [0.25, 0.3) is 0 Å². The maximum Gasteiger partial charge on any atom is 0.455 e. The monoisotopic (exact) mass is 426 g/mol. The second kappa shape index (κ2) is 5.54. The van der Waals surface area contributed by atoms with Crippen molar-refractivity contribution in [1.29, 1.82) is 0 Å². The topological polar surface area (TPSA) is 60.7 Å². The molecule has 0 N–H and O–H groups in total. The molecule has 3 aliphatic heterocycles. The molecule has 0 aliphatic carbocycles. The fourth-order valence-electron chi connectivity index (χ4n) is 3.62. The first-order valence-corrected chi connectivity index (χ1v) is 9.11. The number of carbonyl (C=O) groups is 2. The van der Waals surface area contributed by atoms with Crippen molar-refractivity contribution in [3.63, 3.8) is 0 Å². The van der Waals surface area contributed by atoms with E-state index in [2.05, 4.69) is 27.5 Å². The molecule has 120 valence electrons. The van der Waals surface area contributed by atoms with E-state index in [9.17, 15) is 14.5 Å². The summed E-state index contributed by atoms with van der Waals surface area (Å²) in [6.07, 6.45) is 1.22. The van der Waals surface area contributed by atoms with Gasteiger partial charge in [-0.1, -0.05) is 34.7 Å². The zero-order chi connectivity index (χ0) is 16.1. The SMILES string of the molecule is O=C1c2c(cccc2N2CC(I)C2)CN1C1CCC[N+](=O)C1=O. The van der Waals surface area contributed by atoms with Gasteiger partial charge in [0.2, 0.25) is 6.54 Å². The average Bonchev–Trinajstić information content (AvgIpc) is 2.84. The number of fused-ring (bicyclic) bond motifs is 1. The molecule has 1 aromatic carbocycles. The summed E-state index contributed by atoms with van der Waals surface area (Å²) in [5, 5.41) is 0. The Morgan fingerprint density at radius 2 is 2.00 bits per heavy atom. The van der Waals surface area contributed by atoms with Gasteiger partial charge in [0.15, 0.2) is 6.04 Å². The standard InChI is InChI=1S/C16H17IN3O3/c17-11-8-18(9-11)12-4-1-3-10-7-19(16(22)14(10)12)13-5-2-6-20(23)15(13)21/h1,3-4,11,13H,2,5-9H2/q+1. The van der Waals surface area contributed by atoms with Crippen LogP contribution >= 0.6 is 22.6 Å². The highest BCUT2D eigenvalue weighted by Crippen LogP contribution is 2.36. The number of carbonyl (C=O) groups excluding carboxylic acids is 2. The van der Waals surface area contributed by atoms with Crippen LogP contribution in [0.4, 0.5) is 5.69 Å². The predicted molar refractivity (Wildman–Crippen MR) is 92.9 cm³/mol. The lowest BCUT2D eigenvalue weighted by molar-refractivity contribution is -0.480. The van der Waals surface area contributed by atoms with Crippen molar-refractivity contribution in [2.24, 2.45) is 0 Å². The van der Waals surface area contributed by atoms with Crippen LogP contribution in [-0.2, 0) is 11.3 Å². The number of amides is 2. The zero-order valence-electron chi connectivity index (χ0n) is 12.6. The van der Waals surface area contributed by atoms with Crippen LogP contribution < -0.4 is 4.90 Å². The van der Waals surface area contributed by atoms with Crippen LogP contribution in [0.3, 0.4) is 0 Å². The molecular formula is C16H17IN3O3+. The smallest absolute Gasteiger partial charge is 0.369 e. The molecule has 0 saturated carbocycles. The fraction of sp³-hybridized carbons (Fsp3) is 0.500. The molecule has 0 aromatic heterocycles. The van der Waals surface area contributed by atoms with E-state index in [0.717, 1.165) is 24.3 Å². The van der Waals surface area contributed by atoms with E-state index < -0.39 is 11.9 Å². The van der Waals surface area contributed by atoms with Gasteiger partial charge < -0.3 is 9.80 Å². The van der Waals surface area contributed by atoms with Crippen LogP contribution in [0, 0.1) is 4.91 Å². The van der Waals surface area contributed by atoms with Gasteiger partial charge in [0.25, 0.3) is 5.91 Å². The third-order valence-corrected chi connectivity index (χ3v) is 5.66. The Hall–Kier alpha value is -1.51. The van der Waals surface area contributed by atoms with Gasteiger partial charge in [-0.3, -0.25) is 4.79 Å². The summed E-state index contributed by atoms with van der Waals surface area (Å²) >= 11 is 2.41. The Kier molecular flexibility index (Phi) is 3.62. The van der Waals surface area contributed by atoms with E-state index in [1.807, 2.05) is 18.2 Å². The first-order chi connectivity index (χ1) is 11.1. The van der Waals surface area contributed by atoms with Gasteiger partial charge in [0, 0.05) is 40.6 Å². The lowest BCUT2D eigenvalue weighted by atomic mass is 10.0. The van der Waals surface area contributed by atoms with Crippen molar-refractivity contribution < 1.29 is 14.3 Å². The molecule has 1 aromatic rings. The highest BCUT2D eigenvalue weighted by molar-refractivity contribution is 14.1. The van der Waals surface area contributed by atoms with E-state index >= 15 is 0 Å². The summed E-state index contributed by atoms with van der Waals surface area (Å²) < 4.78 is 1.12. The Morgan fingerprint density at radius 1 is 1.22 bits per heavy atom. The Balaban J connectivity index is 1.65. The number of rotatable bonds is 2. The number of hydrogen-bond donors (Lipinski definition) is 0. The molecule has 23 heavy (non-hydrogen) atoms. The summed E-state index contributed by atoms with van der Waals surface area (Å²) in [7, 11) is 0. The van der Waals surface area contributed by atoms with E-state index in [0.29, 0.717) is 33.6 Å². The summed E-state index contributed by atoms with van der Waals surface area (Å²) in [4.78, 5) is 40.5. The number of alkyl halides is 1. The molecule has 2 fully saturated rings. The average molecular weight is 426 g/mol. The van der Waals surface area contributed by atoms with Crippen LogP contribution in [0.5, 0.6) is 0 Å². The number of hydrogen-bond acceptors (Lipinski definition) is 4. The molecule has 2 saturated heterocycles. The van der Waals surface area contributed by atoms with Gasteiger partial charge in [-0.25, -0.2) is 4.79 Å². The van der Waals surface area contributed by atoms with Gasteiger partial charge in [-0.05, 0) is 18.1 Å². The summed E-state index contributed by atoms with van der Waals surface area (Å²) in [6.45, 7) is 2.55. The van der Waals surface area contributed by atoms with Crippen molar-refractivity contribution in [3.05, 3.63) is 34.2 Å². The van der Waals surface area contributed by atoms with Crippen molar-refractivity contribution in [2.45, 2.75) is 29.4 Å². The Morgan fingerprint density at radius 3 is 2.74 bits per heavy atom. The highest BCUT2D eigenvalue weighted by Gasteiger charge is 2.46. The second-order valence-corrected chi connectivity index (χ2v) is 8.11. The van der Waals surface area contributed by atoms with E-state index in [1.54, 1.807) is 4.90 Å². The maximum atomic E-state index is 12.9. The summed E-state index contributed by atoms with van der Waals surface area (Å²) in [5.41, 5.74) is 2.64. The van der Waals surface area contributed by atoms with Gasteiger partial charge >= 0.3 is 5.91 Å². The zero-order valence-corrected chi connectivity index (χ0v) is 14.7. The molecule has 1 atom stereocenters. The third kappa shape index (κ3) is 2.36. The molecule has 0 spiro atoms. The number of halogens is 1. The van der Waals surface area contributed by atoms with Gasteiger partial charge in [-0.15, -0.1) is 0 Å². The van der Waals surface area contributed by atoms with Crippen LogP contribution in [0.15, 0.2) is 18.2 Å². The molecule has 4 rings (SSSR count). The van der Waals surface area contributed by atoms with Crippen LogP contribution in [-0.4, -0.2) is 51.1 Å². The number of nitrogens with zero attached hydrogens (tertiary/aromatic N) is 3. The first kappa shape index (κ1) is 15.0. The predicted octanol–water partition coefficient (Wildman–Crippen LogP) is 1.73. The van der Waals surface area contributed by atoms with Gasteiger partial charge in [0.1, 0.15) is 0 Å². The van der Waals surface area contributed by atoms with E-state index in [-0.39, 0.29) is 12.5 Å². The molecule has 1 unspecified atom stereocenters. The molecule has 0 radical (unpaired) electrons. The largest absolute Gasteiger partial charge is 0.455 e. The van der Waals surface area contributed by atoms with Crippen LogP contribution in [0.2, 0.25) is 0 Å². The third-order valence-electron chi connectivity index (χ3n) is 4.87. The number of benzene rings is 1. The summed E-state index contributed by atoms with van der Waals surface area (Å²) in [5.74, 6) is -0.587. The molecule has 7 heteroatoms. The Labute approximate surface area is 147 Å². The van der Waals surface area contributed by atoms with Crippen molar-refractivity contribution in [1.82, 2.24) is 4.90 Å². The summed E-state index contributed by atoms with van der Waals surface area (Å²) in [6, 6.07) is 5.28. The maximum absolute atomic E-state index is 12.9. The van der Waals surface area contributed by atoms with E-state index in [4.69, 9.17) is 0 Å². The molecule has 3 aliphatic rings. The number of piperidine rings is 1. The Bertz CT molecular complexity index is 715. The minimum atomic E-state index is -0.609. The second-order valence-electron chi connectivity index (χ2n) is 6.34. The minimum Gasteiger partial charge on any atom is -0.369 e. The first-order valence-electron chi connectivity index (χ1n) is 7.86. The highest BCUT2D eigenvalue weighted by atomic mass is 127. The lowest BCUT2D eigenvalue weighted by Crippen LogP contribution is -2.49. The molecular weight excluding hydrogens is 409 g/mol. The quantitative estimate of drug-likeness (QED) is 0.411. The minimum absolute atomic E-state index is 0.110. The number of anilines is 1. The molecule has 0 bridgehead atoms. The number of nitroso groups, excluding NO2 is 1. The molecule has 3 heterocycles. The molecule has 2 amide bonds. The van der Waals surface area contributed by atoms with Crippen molar-refractivity contribution >= 4 is 40.1 Å². The van der Waals surface area contributed by atoms with E-state index in [1.165, 1.54) is 0 Å². The fourth-order valence-corrected chi connectivity index (χ4v) is 4.57. The van der Waals surface area contributed by atoms with Gasteiger partial charge in [0.05, 0.1) is 10.3 Å². The van der Waals surface area contributed by atoms with Gasteiger partial charge in [-0.2, -0.15) is 0 Å². The van der Waals surface area contributed by atoms with Crippen LogP contribution in [0.1, 0.15) is 28.8 Å². The van der Waals surface area contributed by atoms with Crippen molar-refractivity contribution in [2.75, 3.05) is 24.5 Å². The normalized spacial score (nSPS) is 24.9. The van der Waals surface area contributed by atoms with Crippen molar-refractivity contribution in [3.8, 4) is 0 Å². The molecule has 6 nitrogen and oxygen atoms in total.